The summed E-state index contributed by atoms with van der Waals surface area (Å²) in [7, 11) is 1.81. The van der Waals surface area contributed by atoms with Gasteiger partial charge < -0.3 is 14.7 Å². The predicted molar refractivity (Wildman–Crippen MR) is 90.3 cm³/mol. The Morgan fingerprint density at radius 1 is 1.25 bits per heavy atom. The molecule has 8 nitrogen and oxygen atoms in total. The average Bonchev–Trinajstić information content (AvgIpc) is 3.10. The van der Waals surface area contributed by atoms with Crippen LogP contribution in [0.25, 0.3) is 0 Å². The second-order valence-electron chi connectivity index (χ2n) is 5.75. The second-order valence-corrected chi connectivity index (χ2v) is 5.75. The first kappa shape index (κ1) is 16.4. The van der Waals surface area contributed by atoms with Crippen LogP contribution in [0.5, 0.6) is 0 Å². The molecule has 1 fully saturated rings. The van der Waals surface area contributed by atoms with Gasteiger partial charge in [0.2, 0.25) is 0 Å². The molecule has 1 saturated heterocycles. The zero-order chi connectivity index (χ0) is 16.8. The van der Waals surface area contributed by atoms with Gasteiger partial charge in [-0.1, -0.05) is 5.16 Å². The molecule has 0 radical (unpaired) electrons. The van der Waals surface area contributed by atoms with Crippen molar-refractivity contribution in [3.63, 3.8) is 0 Å². The van der Waals surface area contributed by atoms with Gasteiger partial charge >= 0.3 is 0 Å². The highest BCUT2D eigenvalue weighted by atomic mass is 16.5. The molecule has 2 aromatic rings. The van der Waals surface area contributed by atoms with Crippen LogP contribution < -0.4 is 5.32 Å². The summed E-state index contributed by atoms with van der Waals surface area (Å²) >= 11 is 0. The van der Waals surface area contributed by atoms with E-state index in [1.165, 1.54) is 0 Å². The summed E-state index contributed by atoms with van der Waals surface area (Å²) in [4.78, 5) is 17.6. The van der Waals surface area contributed by atoms with Crippen LogP contribution in [0.1, 0.15) is 17.2 Å². The summed E-state index contributed by atoms with van der Waals surface area (Å²) in [5.74, 6) is 1.69. The molecule has 1 aliphatic rings. The lowest BCUT2D eigenvalue weighted by molar-refractivity contribution is 0.169. The van der Waals surface area contributed by atoms with Crippen molar-refractivity contribution in [1.29, 1.82) is 0 Å². The SMILES string of the molecule is CN=C(NCc1ccnc(C)n1)N1CCN(Cc2ccon2)CC1. The van der Waals surface area contributed by atoms with Crippen LogP contribution in [0.2, 0.25) is 0 Å². The molecular weight excluding hydrogens is 306 g/mol. The van der Waals surface area contributed by atoms with E-state index in [-0.39, 0.29) is 0 Å². The summed E-state index contributed by atoms with van der Waals surface area (Å²) in [5, 5.41) is 7.36. The van der Waals surface area contributed by atoms with Crippen LogP contribution in [0, 0.1) is 6.92 Å². The van der Waals surface area contributed by atoms with Gasteiger partial charge in [0.15, 0.2) is 5.96 Å². The van der Waals surface area contributed by atoms with E-state index in [2.05, 4.69) is 35.2 Å². The van der Waals surface area contributed by atoms with Gasteiger partial charge in [0.1, 0.15) is 12.1 Å². The molecular formula is C16H23N7O. The zero-order valence-corrected chi connectivity index (χ0v) is 14.1. The number of guanidine groups is 1. The van der Waals surface area contributed by atoms with Gasteiger partial charge in [0, 0.05) is 52.0 Å². The van der Waals surface area contributed by atoms with Gasteiger partial charge in [0.25, 0.3) is 0 Å². The number of aliphatic imine (C=N–C) groups is 1. The summed E-state index contributed by atoms with van der Waals surface area (Å²) < 4.78 is 4.89. The lowest BCUT2D eigenvalue weighted by atomic mass is 10.3. The fraction of sp³-hybridized carbons (Fsp3) is 0.500. The maximum absolute atomic E-state index is 4.89. The van der Waals surface area contributed by atoms with Gasteiger partial charge in [-0.15, -0.1) is 0 Å². The van der Waals surface area contributed by atoms with Crippen molar-refractivity contribution >= 4 is 5.96 Å². The lowest BCUT2D eigenvalue weighted by Crippen LogP contribution is -2.52. The number of piperazine rings is 1. The van der Waals surface area contributed by atoms with Gasteiger partial charge in [-0.25, -0.2) is 9.97 Å². The van der Waals surface area contributed by atoms with E-state index in [0.717, 1.165) is 55.9 Å². The van der Waals surface area contributed by atoms with Crippen molar-refractivity contribution in [3.8, 4) is 0 Å². The third-order valence-electron chi connectivity index (χ3n) is 4.02. The summed E-state index contributed by atoms with van der Waals surface area (Å²) in [6.07, 6.45) is 3.40. The van der Waals surface area contributed by atoms with E-state index >= 15 is 0 Å². The normalized spacial score (nSPS) is 16.4. The highest BCUT2D eigenvalue weighted by Crippen LogP contribution is 2.07. The Morgan fingerprint density at radius 3 is 2.75 bits per heavy atom. The van der Waals surface area contributed by atoms with Crippen LogP contribution in [-0.2, 0) is 13.1 Å². The average molecular weight is 329 g/mol. The van der Waals surface area contributed by atoms with Crippen LogP contribution in [0.4, 0.5) is 0 Å². The Morgan fingerprint density at radius 2 is 2.08 bits per heavy atom. The number of hydrogen-bond acceptors (Lipinski definition) is 6. The highest BCUT2D eigenvalue weighted by molar-refractivity contribution is 5.79. The maximum Gasteiger partial charge on any atom is 0.194 e. The molecule has 0 aliphatic carbocycles. The van der Waals surface area contributed by atoms with Gasteiger partial charge in [0.05, 0.1) is 17.9 Å². The number of aromatic nitrogens is 3. The summed E-state index contributed by atoms with van der Waals surface area (Å²) in [6, 6.07) is 3.83. The largest absolute Gasteiger partial charge is 0.364 e. The molecule has 3 rings (SSSR count). The number of nitrogens with one attached hydrogen (secondary N) is 1. The maximum atomic E-state index is 4.89. The van der Waals surface area contributed by atoms with Crippen molar-refractivity contribution in [2.75, 3.05) is 33.2 Å². The zero-order valence-electron chi connectivity index (χ0n) is 14.1. The first-order chi connectivity index (χ1) is 11.7. The first-order valence-electron chi connectivity index (χ1n) is 8.10. The fourth-order valence-electron chi connectivity index (χ4n) is 2.77. The Bertz CT molecular complexity index is 663. The van der Waals surface area contributed by atoms with Gasteiger partial charge in [-0.05, 0) is 13.0 Å². The van der Waals surface area contributed by atoms with Crippen molar-refractivity contribution in [1.82, 2.24) is 30.2 Å². The molecule has 24 heavy (non-hydrogen) atoms. The molecule has 1 N–H and O–H groups in total. The minimum absolute atomic E-state index is 0.648. The van der Waals surface area contributed by atoms with Crippen molar-refractivity contribution in [2.45, 2.75) is 20.0 Å². The van der Waals surface area contributed by atoms with E-state index in [9.17, 15) is 0 Å². The van der Waals surface area contributed by atoms with Crippen molar-refractivity contribution < 1.29 is 4.52 Å². The minimum Gasteiger partial charge on any atom is -0.364 e. The number of rotatable bonds is 4. The molecule has 0 atom stereocenters. The molecule has 8 heteroatoms. The Hall–Kier alpha value is -2.48. The molecule has 1 aliphatic heterocycles. The summed E-state index contributed by atoms with van der Waals surface area (Å²) in [5.41, 5.74) is 1.94. The third-order valence-corrected chi connectivity index (χ3v) is 4.02. The molecule has 0 aromatic carbocycles. The molecule has 0 amide bonds. The van der Waals surface area contributed by atoms with Crippen LogP contribution in [-0.4, -0.2) is 64.1 Å². The van der Waals surface area contributed by atoms with E-state index in [0.29, 0.717) is 6.54 Å². The monoisotopic (exact) mass is 329 g/mol. The van der Waals surface area contributed by atoms with E-state index in [1.807, 2.05) is 26.1 Å². The molecule has 0 unspecified atom stereocenters. The van der Waals surface area contributed by atoms with Crippen LogP contribution in [0.3, 0.4) is 0 Å². The quantitative estimate of drug-likeness (QED) is 0.652. The predicted octanol–water partition coefficient (Wildman–Crippen LogP) is 0.666. The van der Waals surface area contributed by atoms with Crippen LogP contribution in [0.15, 0.2) is 34.1 Å². The number of hydrogen-bond donors (Lipinski definition) is 1. The fourth-order valence-corrected chi connectivity index (χ4v) is 2.77. The highest BCUT2D eigenvalue weighted by Gasteiger charge is 2.20. The molecule has 0 spiro atoms. The van der Waals surface area contributed by atoms with Gasteiger partial charge in [-0.2, -0.15) is 0 Å². The Kier molecular flexibility index (Phi) is 5.37. The molecule has 3 heterocycles. The topological polar surface area (TPSA) is 82.7 Å². The molecule has 0 saturated carbocycles. The molecule has 128 valence electrons. The van der Waals surface area contributed by atoms with E-state index in [4.69, 9.17) is 4.52 Å². The van der Waals surface area contributed by atoms with Crippen molar-refractivity contribution in [3.05, 3.63) is 41.8 Å². The van der Waals surface area contributed by atoms with Gasteiger partial charge in [-0.3, -0.25) is 9.89 Å². The number of aryl methyl sites for hydroxylation is 1. The molecule has 2 aromatic heterocycles. The van der Waals surface area contributed by atoms with Crippen molar-refractivity contribution in [2.24, 2.45) is 4.99 Å². The minimum atomic E-state index is 0.648. The first-order valence-corrected chi connectivity index (χ1v) is 8.10. The smallest absolute Gasteiger partial charge is 0.194 e. The van der Waals surface area contributed by atoms with E-state index < -0.39 is 0 Å². The number of nitrogens with zero attached hydrogens (tertiary/aromatic N) is 6. The lowest BCUT2D eigenvalue weighted by Gasteiger charge is -2.36. The molecule has 0 bridgehead atoms. The van der Waals surface area contributed by atoms with Crippen LogP contribution >= 0.6 is 0 Å². The summed E-state index contributed by atoms with van der Waals surface area (Å²) in [6.45, 7) is 7.18. The second kappa shape index (κ2) is 7.87. The third kappa shape index (κ3) is 4.29. The van der Waals surface area contributed by atoms with E-state index in [1.54, 1.807) is 12.5 Å². The standard InChI is InChI=1S/C16H23N7O/c1-13-18-5-3-14(20-13)11-19-16(17-2)23-8-6-22(7-9-23)12-15-4-10-24-21-15/h3-5,10H,6-9,11-12H2,1-2H3,(H,17,19). The Balaban J connectivity index is 1.48. The Labute approximate surface area is 141 Å².